The van der Waals surface area contributed by atoms with Gasteiger partial charge in [0.1, 0.15) is 0 Å². The molecule has 0 radical (unpaired) electrons. The van der Waals surface area contributed by atoms with Gasteiger partial charge in [-0.05, 0) is 85.3 Å². The molecule has 0 aliphatic heterocycles. The lowest BCUT2D eigenvalue weighted by Gasteiger charge is -2.36. The fraction of sp³-hybridized carbons (Fsp3) is 0.680. The third-order valence-electron chi connectivity index (χ3n) is 8.73. The number of hydrogen-bond acceptors (Lipinski definition) is 3. The molecule has 32 heavy (non-hydrogen) atoms. The van der Waals surface area contributed by atoms with Gasteiger partial charge < -0.3 is 15.1 Å². The summed E-state index contributed by atoms with van der Waals surface area (Å²) in [6, 6.07) is 7.64. The van der Waals surface area contributed by atoms with E-state index < -0.39 is 8.32 Å². The van der Waals surface area contributed by atoms with Gasteiger partial charge in [-0.25, -0.2) is 0 Å². The molecule has 2 amide bonds. The van der Waals surface area contributed by atoms with Crippen LogP contribution in [0.2, 0.25) is 18.1 Å². The van der Waals surface area contributed by atoms with Crippen molar-refractivity contribution in [2.75, 3.05) is 18.5 Å². The third-order valence-corrected chi connectivity index (χ3v) is 13.8. The van der Waals surface area contributed by atoms with E-state index in [1.165, 1.54) is 12.8 Å². The Morgan fingerprint density at radius 3 is 2.16 bits per heavy atom. The Morgan fingerprint density at radius 1 is 1.06 bits per heavy atom. The second-order valence-corrected chi connectivity index (χ2v) is 17.2. The highest BCUT2D eigenvalue weighted by molar-refractivity contribution is 9.10. The van der Waals surface area contributed by atoms with Crippen LogP contribution in [0.25, 0.3) is 0 Å². The summed E-state index contributed by atoms with van der Waals surface area (Å²) in [5.74, 6) is 0.263. The average Bonchev–Trinajstić information content (AvgIpc) is 3.38. The average molecular weight is 522 g/mol. The molecule has 0 unspecified atom stereocenters. The molecule has 176 valence electrons. The Hall–Kier alpha value is -1.18. The van der Waals surface area contributed by atoms with Gasteiger partial charge in [-0.2, -0.15) is 0 Å². The van der Waals surface area contributed by atoms with E-state index in [4.69, 9.17) is 4.43 Å². The highest BCUT2D eigenvalue weighted by Gasteiger charge is 2.71. The second kappa shape index (κ2) is 8.55. The minimum Gasteiger partial charge on any atom is -0.415 e. The van der Waals surface area contributed by atoms with Gasteiger partial charge in [0.2, 0.25) is 11.8 Å². The minimum atomic E-state index is -1.83. The van der Waals surface area contributed by atoms with E-state index in [9.17, 15) is 9.59 Å². The van der Waals surface area contributed by atoms with E-state index in [-0.39, 0.29) is 34.1 Å². The molecule has 1 aromatic carbocycles. The number of halogens is 1. The van der Waals surface area contributed by atoms with Crippen LogP contribution in [0.5, 0.6) is 0 Å². The van der Waals surface area contributed by atoms with Crippen molar-refractivity contribution < 1.29 is 14.0 Å². The first kappa shape index (κ1) is 24.0. The molecule has 0 aromatic heterocycles. The Morgan fingerprint density at radius 2 is 1.62 bits per heavy atom. The minimum absolute atomic E-state index is 0.00321. The standard InChI is InChI=1S/C25H37BrN2O3Si/c1-24(2,3)32(4,5)31-15-14-27-22(29)20-18-10-11-19(25(18)12-13-25)21(20)23(30)28-17-8-6-16(26)7-9-17/h6-9,18-21H,10-15H2,1-5H3,(H,27,29)(H,28,30)/t18-,19+,20+,21-/m1/s1. The maximum Gasteiger partial charge on any atom is 0.228 e. The van der Waals surface area contributed by atoms with Crippen LogP contribution in [-0.4, -0.2) is 33.3 Å². The zero-order chi connectivity index (χ0) is 23.3. The van der Waals surface area contributed by atoms with Crippen molar-refractivity contribution in [2.24, 2.45) is 29.1 Å². The fourth-order valence-electron chi connectivity index (χ4n) is 5.94. The van der Waals surface area contributed by atoms with Crippen LogP contribution in [0.3, 0.4) is 0 Å². The van der Waals surface area contributed by atoms with Crippen molar-refractivity contribution in [2.45, 2.75) is 64.6 Å². The van der Waals surface area contributed by atoms with Gasteiger partial charge >= 0.3 is 0 Å². The zero-order valence-electron chi connectivity index (χ0n) is 20.0. The number of benzene rings is 1. The van der Waals surface area contributed by atoms with Crippen molar-refractivity contribution in [3.8, 4) is 0 Å². The summed E-state index contributed by atoms with van der Waals surface area (Å²) >= 11 is 3.44. The molecule has 7 heteroatoms. The highest BCUT2D eigenvalue weighted by Crippen LogP contribution is 2.74. The molecule has 3 aliphatic carbocycles. The maximum absolute atomic E-state index is 13.4. The van der Waals surface area contributed by atoms with E-state index in [0.29, 0.717) is 25.0 Å². The molecule has 1 spiro atoms. The molecule has 3 fully saturated rings. The molecule has 0 saturated heterocycles. The number of rotatable bonds is 7. The van der Waals surface area contributed by atoms with Crippen LogP contribution in [-0.2, 0) is 14.0 Å². The second-order valence-electron chi connectivity index (χ2n) is 11.5. The number of carbonyl (C=O) groups excluding carboxylic acids is 2. The van der Waals surface area contributed by atoms with Crippen LogP contribution in [0.1, 0.15) is 46.5 Å². The Balaban J connectivity index is 1.41. The molecule has 4 rings (SSSR count). The van der Waals surface area contributed by atoms with E-state index >= 15 is 0 Å². The first-order chi connectivity index (χ1) is 15.0. The molecule has 3 aliphatic rings. The first-order valence-corrected chi connectivity index (χ1v) is 15.6. The summed E-state index contributed by atoms with van der Waals surface area (Å²) in [6.07, 6.45) is 4.48. The van der Waals surface area contributed by atoms with Gasteiger partial charge in [-0.1, -0.05) is 36.7 Å². The molecule has 3 saturated carbocycles. The van der Waals surface area contributed by atoms with E-state index in [2.05, 4.69) is 60.4 Å². The summed E-state index contributed by atoms with van der Waals surface area (Å²) in [4.78, 5) is 26.7. The monoisotopic (exact) mass is 520 g/mol. The van der Waals surface area contributed by atoms with Crippen LogP contribution < -0.4 is 10.6 Å². The molecular weight excluding hydrogens is 484 g/mol. The number of hydrogen-bond donors (Lipinski definition) is 2. The lowest BCUT2D eigenvalue weighted by Crippen LogP contribution is -2.45. The fourth-order valence-corrected chi connectivity index (χ4v) is 7.24. The SMILES string of the molecule is CC(C)(C)[Si](C)(C)OCCNC(=O)[C@@H]1[C@H](C(=O)Nc2ccc(Br)cc2)[C@@H]2CC[C@H]1C21CC1. The smallest absolute Gasteiger partial charge is 0.228 e. The molecule has 1 aromatic rings. The van der Waals surface area contributed by atoms with Gasteiger partial charge in [-0.15, -0.1) is 0 Å². The van der Waals surface area contributed by atoms with E-state index in [1.54, 1.807) is 0 Å². The van der Waals surface area contributed by atoms with Gasteiger partial charge in [0, 0.05) is 16.7 Å². The van der Waals surface area contributed by atoms with Crippen molar-refractivity contribution in [1.29, 1.82) is 0 Å². The zero-order valence-corrected chi connectivity index (χ0v) is 22.6. The Bertz CT molecular complexity index is 876. The summed E-state index contributed by atoms with van der Waals surface area (Å²) in [5.41, 5.74) is 1.02. The largest absolute Gasteiger partial charge is 0.415 e. The van der Waals surface area contributed by atoms with Crippen molar-refractivity contribution in [3.05, 3.63) is 28.7 Å². The molecule has 4 atom stereocenters. The van der Waals surface area contributed by atoms with Crippen molar-refractivity contribution in [3.63, 3.8) is 0 Å². The molecule has 2 N–H and O–H groups in total. The lowest BCUT2D eigenvalue weighted by molar-refractivity contribution is -0.134. The summed E-state index contributed by atoms with van der Waals surface area (Å²) in [7, 11) is -1.83. The summed E-state index contributed by atoms with van der Waals surface area (Å²) < 4.78 is 7.20. The van der Waals surface area contributed by atoms with Gasteiger partial charge in [0.25, 0.3) is 0 Å². The third kappa shape index (κ3) is 4.32. The number of nitrogens with one attached hydrogen (secondary N) is 2. The molecule has 5 nitrogen and oxygen atoms in total. The quantitative estimate of drug-likeness (QED) is 0.364. The van der Waals surface area contributed by atoms with Crippen LogP contribution in [0, 0.1) is 29.1 Å². The summed E-state index contributed by atoms with van der Waals surface area (Å²) in [6.45, 7) is 12.1. The number of amides is 2. The number of carbonyl (C=O) groups is 2. The maximum atomic E-state index is 13.4. The predicted octanol–water partition coefficient (Wildman–Crippen LogP) is 5.58. The Kier molecular flexibility index (Phi) is 6.40. The normalized spacial score (nSPS) is 28.1. The predicted molar refractivity (Wildman–Crippen MR) is 134 cm³/mol. The van der Waals surface area contributed by atoms with Crippen LogP contribution in [0.4, 0.5) is 5.69 Å². The van der Waals surface area contributed by atoms with Crippen molar-refractivity contribution >= 4 is 41.7 Å². The molecule has 0 heterocycles. The van der Waals surface area contributed by atoms with Crippen LogP contribution >= 0.6 is 15.9 Å². The highest BCUT2D eigenvalue weighted by atomic mass is 79.9. The summed E-state index contributed by atoms with van der Waals surface area (Å²) in [5, 5.41) is 6.37. The molecule has 2 bridgehead atoms. The first-order valence-electron chi connectivity index (χ1n) is 11.9. The van der Waals surface area contributed by atoms with Gasteiger partial charge in [0.15, 0.2) is 8.32 Å². The van der Waals surface area contributed by atoms with Crippen molar-refractivity contribution in [1.82, 2.24) is 5.32 Å². The topological polar surface area (TPSA) is 67.4 Å². The molecular formula is C25H37BrN2O3Si. The van der Waals surface area contributed by atoms with Crippen LogP contribution in [0.15, 0.2) is 28.7 Å². The van der Waals surface area contributed by atoms with Gasteiger partial charge in [0.05, 0.1) is 18.4 Å². The number of anilines is 1. The van der Waals surface area contributed by atoms with Gasteiger partial charge in [-0.3, -0.25) is 9.59 Å². The lowest BCUT2D eigenvalue weighted by atomic mass is 9.78. The van der Waals surface area contributed by atoms with E-state index in [1.807, 2.05) is 24.3 Å². The van der Waals surface area contributed by atoms with E-state index in [0.717, 1.165) is 23.0 Å². The Labute approximate surface area is 201 Å².